The van der Waals surface area contributed by atoms with Crippen LogP contribution >= 0.6 is 0 Å². The van der Waals surface area contributed by atoms with E-state index in [0.717, 1.165) is 12.1 Å². The molecule has 0 aromatic heterocycles. The minimum absolute atomic E-state index is 0.0140. The van der Waals surface area contributed by atoms with Crippen LogP contribution < -0.4 is 10.1 Å². The first-order chi connectivity index (χ1) is 9.51. The molecule has 2 aromatic rings. The molecule has 0 aliphatic heterocycles. The zero-order valence-electron chi connectivity index (χ0n) is 10.6. The van der Waals surface area contributed by atoms with Gasteiger partial charge in [0, 0.05) is 36.0 Å². The molecule has 0 aliphatic rings. The van der Waals surface area contributed by atoms with Crippen LogP contribution in [-0.2, 0) is 6.54 Å². The van der Waals surface area contributed by atoms with Gasteiger partial charge >= 0.3 is 0 Å². The maximum atomic E-state index is 13.0. The number of hydrogen-bond acceptors (Lipinski definition) is 3. The number of rotatable bonds is 4. The van der Waals surface area contributed by atoms with E-state index in [-0.39, 0.29) is 18.0 Å². The fourth-order valence-corrected chi connectivity index (χ4v) is 1.67. The van der Waals surface area contributed by atoms with E-state index in [1.807, 2.05) is 0 Å². The van der Waals surface area contributed by atoms with Crippen LogP contribution in [0.3, 0.4) is 0 Å². The highest BCUT2D eigenvalue weighted by molar-refractivity contribution is 5.47. The Labute approximate surface area is 113 Å². The van der Waals surface area contributed by atoms with E-state index in [0.29, 0.717) is 11.3 Å². The summed E-state index contributed by atoms with van der Waals surface area (Å²) >= 11 is 0. The smallest absolute Gasteiger partial charge is 0.194 e. The van der Waals surface area contributed by atoms with Gasteiger partial charge in [0.1, 0.15) is 11.5 Å². The molecule has 20 heavy (non-hydrogen) atoms. The molecule has 0 saturated heterocycles. The number of halogens is 3. The Morgan fingerprint density at radius 2 is 1.75 bits per heavy atom. The maximum Gasteiger partial charge on any atom is 0.194 e. The quantitative estimate of drug-likeness (QED) is 0.845. The molecular weight excluding hydrogens is 271 g/mol. The molecule has 0 saturated carbocycles. The van der Waals surface area contributed by atoms with Crippen LogP contribution in [0.15, 0.2) is 30.3 Å². The molecule has 6 heteroatoms. The second-order valence-corrected chi connectivity index (χ2v) is 4.10. The van der Waals surface area contributed by atoms with Gasteiger partial charge in [0.15, 0.2) is 17.5 Å². The van der Waals surface area contributed by atoms with Gasteiger partial charge in [-0.3, -0.25) is 0 Å². The highest BCUT2D eigenvalue weighted by atomic mass is 19.2. The molecule has 0 heterocycles. The van der Waals surface area contributed by atoms with Crippen molar-refractivity contribution in [3.8, 4) is 11.5 Å². The van der Waals surface area contributed by atoms with Crippen LogP contribution in [-0.4, -0.2) is 12.2 Å². The molecule has 3 nitrogen and oxygen atoms in total. The van der Waals surface area contributed by atoms with Crippen molar-refractivity contribution in [1.82, 2.24) is 0 Å². The van der Waals surface area contributed by atoms with Crippen molar-refractivity contribution in [2.45, 2.75) is 6.54 Å². The third kappa shape index (κ3) is 2.96. The highest BCUT2D eigenvalue weighted by Crippen LogP contribution is 2.25. The lowest BCUT2D eigenvalue weighted by Gasteiger charge is -2.10. The van der Waals surface area contributed by atoms with Crippen molar-refractivity contribution in [3.05, 3.63) is 53.3 Å². The molecule has 0 aliphatic carbocycles. The van der Waals surface area contributed by atoms with E-state index in [1.54, 1.807) is 12.1 Å². The summed E-state index contributed by atoms with van der Waals surface area (Å²) in [5.74, 6) is -3.58. The van der Waals surface area contributed by atoms with Gasteiger partial charge < -0.3 is 15.2 Å². The molecule has 2 aromatic carbocycles. The Hall–Kier alpha value is -2.37. The summed E-state index contributed by atoms with van der Waals surface area (Å²) in [7, 11) is 1.47. The molecule has 0 radical (unpaired) electrons. The van der Waals surface area contributed by atoms with Crippen molar-refractivity contribution in [1.29, 1.82) is 0 Å². The van der Waals surface area contributed by atoms with Gasteiger partial charge in [0.2, 0.25) is 0 Å². The Kier molecular flexibility index (Phi) is 4.02. The lowest BCUT2D eigenvalue weighted by atomic mass is 10.2. The molecule has 2 rings (SSSR count). The van der Waals surface area contributed by atoms with Gasteiger partial charge in [-0.1, -0.05) is 0 Å². The number of benzene rings is 2. The van der Waals surface area contributed by atoms with Gasteiger partial charge in [-0.05, 0) is 12.1 Å². The van der Waals surface area contributed by atoms with Crippen LogP contribution in [0.4, 0.5) is 18.9 Å². The van der Waals surface area contributed by atoms with E-state index < -0.39 is 17.5 Å². The van der Waals surface area contributed by atoms with E-state index in [2.05, 4.69) is 5.32 Å². The van der Waals surface area contributed by atoms with E-state index in [1.165, 1.54) is 13.2 Å². The lowest BCUT2D eigenvalue weighted by Crippen LogP contribution is -2.02. The van der Waals surface area contributed by atoms with Crippen molar-refractivity contribution in [2.75, 3.05) is 12.4 Å². The number of ether oxygens (including phenoxy) is 1. The molecule has 0 bridgehead atoms. The second kappa shape index (κ2) is 5.73. The minimum Gasteiger partial charge on any atom is -0.507 e. The van der Waals surface area contributed by atoms with Crippen molar-refractivity contribution >= 4 is 5.69 Å². The van der Waals surface area contributed by atoms with Crippen LogP contribution in [0.1, 0.15) is 5.56 Å². The van der Waals surface area contributed by atoms with E-state index >= 15 is 0 Å². The summed E-state index contributed by atoms with van der Waals surface area (Å²) < 4.78 is 43.8. The summed E-state index contributed by atoms with van der Waals surface area (Å²) in [6.45, 7) is 0.125. The number of phenols is 1. The van der Waals surface area contributed by atoms with Crippen LogP contribution in [0, 0.1) is 17.5 Å². The average Bonchev–Trinajstić information content (AvgIpc) is 2.43. The fraction of sp³-hybridized carbons (Fsp3) is 0.143. The Morgan fingerprint density at radius 1 is 1.10 bits per heavy atom. The van der Waals surface area contributed by atoms with Gasteiger partial charge in [0.25, 0.3) is 0 Å². The van der Waals surface area contributed by atoms with Crippen LogP contribution in [0.25, 0.3) is 0 Å². The van der Waals surface area contributed by atoms with E-state index in [4.69, 9.17) is 4.74 Å². The third-order valence-corrected chi connectivity index (χ3v) is 2.76. The van der Waals surface area contributed by atoms with Gasteiger partial charge in [-0.15, -0.1) is 0 Å². The molecule has 0 unspecified atom stereocenters. The highest BCUT2D eigenvalue weighted by Gasteiger charge is 2.10. The number of phenolic OH excluding ortho intramolecular Hbond substituents is 1. The SMILES string of the molecule is COc1ccc(CNc2cc(F)c(F)c(F)c2)c(O)c1. The number of hydrogen-bond donors (Lipinski definition) is 2. The summed E-state index contributed by atoms with van der Waals surface area (Å²) in [4.78, 5) is 0. The zero-order valence-corrected chi connectivity index (χ0v) is 10.6. The van der Waals surface area contributed by atoms with Gasteiger partial charge in [0.05, 0.1) is 7.11 Å². The maximum absolute atomic E-state index is 13.0. The lowest BCUT2D eigenvalue weighted by molar-refractivity contribution is 0.406. The topological polar surface area (TPSA) is 41.5 Å². The number of nitrogens with one attached hydrogen (secondary N) is 1. The largest absolute Gasteiger partial charge is 0.507 e. The number of anilines is 1. The number of aromatic hydroxyl groups is 1. The average molecular weight is 283 g/mol. The molecule has 106 valence electrons. The standard InChI is InChI=1S/C14H12F3NO2/c1-20-10-3-2-8(13(19)6-10)7-18-9-4-11(15)14(17)12(16)5-9/h2-6,18-19H,7H2,1H3. The summed E-state index contributed by atoms with van der Waals surface area (Å²) in [5.41, 5.74) is 0.590. The first kappa shape index (κ1) is 14.0. The van der Waals surface area contributed by atoms with Crippen molar-refractivity contribution in [3.63, 3.8) is 0 Å². The zero-order chi connectivity index (χ0) is 14.7. The van der Waals surface area contributed by atoms with Gasteiger partial charge in [-0.2, -0.15) is 0 Å². The van der Waals surface area contributed by atoms with Crippen molar-refractivity contribution < 1.29 is 23.0 Å². The molecule has 2 N–H and O–H groups in total. The summed E-state index contributed by atoms with van der Waals surface area (Å²) in [6, 6.07) is 6.36. The number of methoxy groups -OCH3 is 1. The normalized spacial score (nSPS) is 10.4. The third-order valence-electron chi connectivity index (χ3n) is 2.76. The van der Waals surface area contributed by atoms with Crippen LogP contribution in [0.2, 0.25) is 0 Å². The van der Waals surface area contributed by atoms with Crippen molar-refractivity contribution in [2.24, 2.45) is 0 Å². The summed E-state index contributed by atoms with van der Waals surface area (Å²) in [6.07, 6.45) is 0. The Balaban J connectivity index is 2.13. The van der Waals surface area contributed by atoms with Crippen LogP contribution in [0.5, 0.6) is 11.5 Å². The minimum atomic E-state index is -1.51. The molecular formula is C14H12F3NO2. The first-order valence-corrected chi connectivity index (χ1v) is 5.75. The first-order valence-electron chi connectivity index (χ1n) is 5.75. The monoisotopic (exact) mass is 283 g/mol. The van der Waals surface area contributed by atoms with Gasteiger partial charge in [-0.25, -0.2) is 13.2 Å². The molecule has 0 fully saturated rings. The Morgan fingerprint density at radius 3 is 2.30 bits per heavy atom. The molecule has 0 atom stereocenters. The predicted molar refractivity (Wildman–Crippen MR) is 68.3 cm³/mol. The molecule has 0 spiro atoms. The Bertz CT molecular complexity index is 609. The molecule has 0 amide bonds. The fourth-order valence-electron chi connectivity index (χ4n) is 1.67. The predicted octanol–water partition coefficient (Wildman–Crippen LogP) is 3.43. The van der Waals surface area contributed by atoms with E-state index in [9.17, 15) is 18.3 Å². The summed E-state index contributed by atoms with van der Waals surface area (Å²) in [5, 5.41) is 12.4. The second-order valence-electron chi connectivity index (χ2n) is 4.10.